The zero-order valence-electron chi connectivity index (χ0n) is 13.3. The molecule has 2 N–H and O–H groups in total. The molecular formula is C17H15BrN4OS. The molecule has 7 heteroatoms. The number of aromatic nitrogens is 2. The average Bonchev–Trinajstić information content (AvgIpc) is 3.11. The van der Waals surface area contributed by atoms with Crippen LogP contribution in [0.2, 0.25) is 0 Å². The number of rotatable bonds is 1. The number of carbonyl (C=O) groups excluding carboxylic acids is 1. The smallest absolute Gasteiger partial charge is 0.266 e. The van der Waals surface area contributed by atoms with E-state index in [9.17, 15) is 4.79 Å². The molecule has 0 bridgehead atoms. The molecule has 5 nitrogen and oxygen atoms in total. The van der Waals surface area contributed by atoms with Gasteiger partial charge in [-0.05, 0) is 42.7 Å². The van der Waals surface area contributed by atoms with E-state index >= 15 is 0 Å². The van der Waals surface area contributed by atoms with Crippen LogP contribution in [0.15, 0.2) is 22.7 Å². The Balaban J connectivity index is 1.73. The van der Waals surface area contributed by atoms with E-state index in [0.717, 1.165) is 25.9 Å². The molecule has 3 aromatic rings. The summed E-state index contributed by atoms with van der Waals surface area (Å²) in [6.07, 6.45) is 0. The van der Waals surface area contributed by atoms with Gasteiger partial charge in [0.25, 0.3) is 5.91 Å². The first-order valence-electron chi connectivity index (χ1n) is 7.54. The molecule has 0 radical (unpaired) electrons. The maximum absolute atomic E-state index is 13.0. The molecule has 3 heterocycles. The predicted molar refractivity (Wildman–Crippen MR) is 99.0 cm³/mol. The third-order valence-electron chi connectivity index (χ3n) is 4.51. The van der Waals surface area contributed by atoms with Gasteiger partial charge in [0.1, 0.15) is 9.71 Å². The molecule has 0 fully saturated rings. The number of nitrogen functional groups attached to an aromatic ring is 1. The van der Waals surface area contributed by atoms with Gasteiger partial charge >= 0.3 is 0 Å². The van der Waals surface area contributed by atoms with E-state index in [-0.39, 0.29) is 5.91 Å². The van der Waals surface area contributed by atoms with Gasteiger partial charge in [-0.25, -0.2) is 0 Å². The summed E-state index contributed by atoms with van der Waals surface area (Å²) in [6, 6.07) is 6.12. The maximum Gasteiger partial charge on any atom is 0.266 e. The van der Waals surface area contributed by atoms with E-state index in [4.69, 9.17) is 5.73 Å². The topological polar surface area (TPSA) is 72.1 Å². The second kappa shape index (κ2) is 5.53. The third kappa shape index (κ3) is 2.31. The fourth-order valence-electron chi connectivity index (χ4n) is 3.05. The Morgan fingerprint density at radius 1 is 1.25 bits per heavy atom. The van der Waals surface area contributed by atoms with Crippen LogP contribution in [0.3, 0.4) is 0 Å². The Kier molecular flexibility index (Phi) is 3.58. The van der Waals surface area contributed by atoms with Gasteiger partial charge in [0, 0.05) is 22.9 Å². The van der Waals surface area contributed by atoms with Crippen molar-refractivity contribution < 1.29 is 4.79 Å². The lowest BCUT2D eigenvalue weighted by Crippen LogP contribution is -2.25. The fraction of sp³-hybridized carbons (Fsp3) is 0.235. The summed E-state index contributed by atoms with van der Waals surface area (Å²) in [5.41, 5.74) is 11.0. The third-order valence-corrected chi connectivity index (χ3v) is 6.08. The van der Waals surface area contributed by atoms with Gasteiger partial charge in [0.15, 0.2) is 0 Å². The molecule has 0 spiro atoms. The van der Waals surface area contributed by atoms with Gasteiger partial charge in [-0.2, -0.15) is 5.10 Å². The highest BCUT2D eigenvalue weighted by Gasteiger charge is 2.28. The lowest BCUT2D eigenvalue weighted by molar-refractivity contribution is 0.0757. The van der Waals surface area contributed by atoms with Crippen molar-refractivity contribution in [2.75, 3.05) is 5.73 Å². The number of nitrogens with zero attached hydrogens (tertiary/aromatic N) is 3. The summed E-state index contributed by atoms with van der Waals surface area (Å²) in [5.74, 6) is -0.0418. The largest absolute Gasteiger partial charge is 0.397 e. The molecule has 0 aliphatic carbocycles. The Morgan fingerprint density at radius 3 is 2.79 bits per heavy atom. The van der Waals surface area contributed by atoms with Crippen molar-refractivity contribution in [3.8, 4) is 0 Å². The van der Waals surface area contributed by atoms with Gasteiger partial charge < -0.3 is 10.6 Å². The first kappa shape index (κ1) is 15.5. The molecule has 0 unspecified atom stereocenters. The highest BCUT2D eigenvalue weighted by Crippen LogP contribution is 2.37. The zero-order chi connectivity index (χ0) is 17.0. The summed E-state index contributed by atoms with van der Waals surface area (Å²) in [4.78, 5) is 16.1. The summed E-state index contributed by atoms with van der Waals surface area (Å²) in [5, 5.41) is 9.19. The van der Waals surface area contributed by atoms with Crippen LogP contribution in [-0.2, 0) is 13.1 Å². The summed E-state index contributed by atoms with van der Waals surface area (Å²) >= 11 is 4.80. The van der Waals surface area contributed by atoms with E-state index in [0.29, 0.717) is 23.7 Å². The number of aryl methyl sites for hydroxylation is 2. The number of fused-ring (bicyclic) bond motifs is 2. The van der Waals surface area contributed by atoms with Crippen LogP contribution in [0.5, 0.6) is 0 Å². The second-order valence-corrected chi connectivity index (χ2v) is 7.92. The van der Waals surface area contributed by atoms with Crippen molar-refractivity contribution in [2.24, 2.45) is 0 Å². The minimum Gasteiger partial charge on any atom is -0.397 e. The Bertz CT molecular complexity index is 998. The number of carbonyl (C=O) groups is 1. The van der Waals surface area contributed by atoms with Crippen molar-refractivity contribution in [1.82, 2.24) is 15.1 Å². The molecule has 0 saturated heterocycles. The number of thiophene rings is 1. The van der Waals surface area contributed by atoms with E-state index in [1.807, 2.05) is 24.8 Å². The van der Waals surface area contributed by atoms with Gasteiger partial charge in [-0.1, -0.05) is 22.0 Å². The zero-order valence-corrected chi connectivity index (χ0v) is 15.7. The molecule has 122 valence electrons. The van der Waals surface area contributed by atoms with Crippen LogP contribution in [-0.4, -0.2) is 21.0 Å². The van der Waals surface area contributed by atoms with E-state index < -0.39 is 0 Å². The monoisotopic (exact) mass is 402 g/mol. The lowest BCUT2D eigenvalue weighted by atomic mass is 10.1. The van der Waals surface area contributed by atoms with E-state index in [1.165, 1.54) is 22.5 Å². The molecular weight excluding hydrogens is 388 g/mol. The number of anilines is 1. The van der Waals surface area contributed by atoms with Crippen molar-refractivity contribution in [3.63, 3.8) is 0 Å². The number of hydrogen-bond donors (Lipinski definition) is 1. The number of nitrogens with two attached hydrogens (primary N) is 1. The first-order valence-corrected chi connectivity index (χ1v) is 9.15. The second-order valence-electron chi connectivity index (χ2n) is 6.01. The Labute approximate surface area is 151 Å². The minimum atomic E-state index is -0.0418. The summed E-state index contributed by atoms with van der Waals surface area (Å²) in [7, 11) is 0. The van der Waals surface area contributed by atoms with Gasteiger partial charge in [0.2, 0.25) is 0 Å². The quantitative estimate of drug-likeness (QED) is 0.671. The normalized spacial score (nSPS) is 13.5. The highest BCUT2D eigenvalue weighted by molar-refractivity contribution is 9.10. The molecule has 1 aliphatic rings. The number of amides is 1. The van der Waals surface area contributed by atoms with Crippen LogP contribution < -0.4 is 5.73 Å². The van der Waals surface area contributed by atoms with Crippen LogP contribution in [0.4, 0.5) is 5.69 Å². The first-order chi connectivity index (χ1) is 11.5. The predicted octanol–water partition coefficient (Wildman–Crippen LogP) is 3.81. The van der Waals surface area contributed by atoms with Crippen molar-refractivity contribution in [1.29, 1.82) is 0 Å². The van der Waals surface area contributed by atoms with Gasteiger partial charge in [-0.3, -0.25) is 4.79 Å². The number of halogens is 1. The average molecular weight is 403 g/mol. The van der Waals surface area contributed by atoms with Crippen molar-refractivity contribution >= 4 is 49.1 Å². The standard InChI is InChI=1S/C17H15BrN4OS/c1-8-9(2)20-21-16-13(8)14(19)15(24-16)17(23)22-6-10-3-4-12(18)5-11(10)7-22/h3-5H,6-7,19H2,1-2H3. The molecule has 2 aromatic heterocycles. The van der Waals surface area contributed by atoms with Crippen molar-refractivity contribution in [3.05, 3.63) is 49.9 Å². The SMILES string of the molecule is Cc1nnc2sc(C(=O)N3Cc4ccc(Br)cc4C3)c(N)c2c1C. The molecule has 1 amide bonds. The lowest BCUT2D eigenvalue weighted by Gasteiger charge is -2.14. The van der Waals surface area contributed by atoms with Crippen LogP contribution in [0.1, 0.15) is 32.1 Å². The minimum absolute atomic E-state index is 0.0418. The van der Waals surface area contributed by atoms with Crippen LogP contribution in [0, 0.1) is 13.8 Å². The molecule has 1 aromatic carbocycles. The maximum atomic E-state index is 13.0. The molecule has 0 atom stereocenters. The van der Waals surface area contributed by atoms with Crippen LogP contribution >= 0.6 is 27.3 Å². The van der Waals surface area contributed by atoms with Crippen molar-refractivity contribution in [2.45, 2.75) is 26.9 Å². The summed E-state index contributed by atoms with van der Waals surface area (Å²) < 4.78 is 1.03. The molecule has 24 heavy (non-hydrogen) atoms. The van der Waals surface area contributed by atoms with Crippen LogP contribution in [0.25, 0.3) is 10.2 Å². The number of hydrogen-bond acceptors (Lipinski definition) is 5. The van der Waals surface area contributed by atoms with Gasteiger partial charge in [-0.15, -0.1) is 16.4 Å². The van der Waals surface area contributed by atoms with Gasteiger partial charge in [0.05, 0.1) is 11.4 Å². The molecule has 4 rings (SSSR count). The Morgan fingerprint density at radius 2 is 2.00 bits per heavy atom. The van der Waals surface area contributed by atoms with E-state index in [2.05, 4.69) is 38.3 Å². The number of benzene rings is 1. The fourth-order valence-corrected chi connectivity index (χ4v) is 4.53. The Hall–Kier alpha value is -1.99. The summed E-state index contributed by atoms with van der Waals surface area (Å²) in [6.45, 7) is 5.08. The molecule has 1 aliphatic heterocycles. The van der Waals surface area contributed by atoms with E-state index in [1.54, 1.807) is 0 Å². The molecule has 0 saturated carbocycles. The highest BCUT2D eigenvalue weighted by atomic mass is 79.9.